The number of nitrogens with one attached hydrogen (secondary N) is 2. The summed E-state index contributed by atoms with van der Waals surface area (Å²) >= 11 is 0. The Labute approximate surface area is 131 Å². The number of rotatable bonds is 1. The monoisotopic (exact) mass is 318 g/mol. The maximum Gasteiger partial charge on any atom is 0.322 e. The molecule has 0 bridgehead atoms. The number of amides is 2. The Hall–Kier alpha value is -2.44. The molecule has 4 rings (SSSR count). The summed E-state index contributed by atoms with van der Waals surface area (Å²) in [5, 5.41) is 9.94. The van der Waals surface area contributed by atoms with Crippen LogP contribution in [-0.4, -0.2) is 28.8 Å². The standard InChI is InChI=1S/C16H16F2N4O/c17-10-6-13(18)12-3-4-22(15(12)7-10)16(23)20-11-1-2-14-9(5-11)8-19-21-14/h6-8,11H,1-5H2,(H,19,21)(H,20,23). The van der Waals surface area contributed by atoms with Crippen LogP contribution in [0, 0.1) is 11.6 Å². The smallest absolute Gasteiger partial charge is 0.322 e. The third-order valence-electron chi connectivity index (χ3n) is 4.60. The summed E-state index contributed by atoms with van der Waals surface area (Å²) in [6, 6.07) is 1.79. The van der Waals surface area contributed by atoms with Crippen molar-refractivity contribution >= 4 is 11.7 Å². The molecular weight excluding hydrogens is 302 g/mol. The molecule has 7 heteroatoms. The molecule has 2 heterocycles. The minimum absolute atomic E-state index is 0.00931. The fourth-order valence-corrected chi connectivity index (χ4v) is 3.43. The summed E-state index contributed by atoms with van der Waals surface area (Å²) in [4.78, 5) is 13.9. The third kappa shape index (κ3) is 2.46. The molecule has 1 aliphatic carbocycles. The highest BCUT2D eigenvalue weighted by atomic mass is 19.1. The van der Waals surface area contributed by atoms with Gasteiger partial charge in [0.05, 0.1) is 11.9 Å². The van der Waals surface area contributed by atoms with Gasteiger partial charge in [-0.05, 0) is 37.3 Å². The first-order valence-electron chi connectivity index (χ1n) is 7.69. The van der Waals surface area contributed by atoms with Crippen LogP contribution < -0.4 is 10.2 Å². The van der Waals surface area contributed by atoms with E-state index in [9.17, 15) is 13.6 Å². The largest absolute Gasteiger partial charge is 0.335 e. The van der Waals surface area contributed by atoms with Crippen LogP contribution in [0.5, 0.6) is 0 Å². The molecule has 2 N–H and O–H groups in total. The highest BCUT2D eigenvalue weighted by Crippen LogP contribution is 2.31. The maximum atomic E-state index is 13.8. The van der Waals surface area contributed by atoms with E-state index in [4.69, 9.17) is 0 Å². The number of carbonyl (C=O) groups is 1. The SMILES string of the molecule is O=C(NC1CCc2[nH]ncc2C1)N1CCc2c(F)cc(F)cc21. The van der Waals surface area contributed by atoms with Crippen molar-refractivity contribution in [2.75, 3.05) is 11.4 Å². The number of carbonyl (C=O) groups excluding carboxylic acids is 1. The minimum atomic E-state index is -0.665. The highest BCUT2D eigenvalue weighted by molar-refractivity contribution is 5.94. The summed E-state index contributed by atoms with van der Waals surface area (Å²) in [5.74, 6) is -1.25. The number of aromatic nitrogens is 2. The number of fused-ring (bicyclic) bond motifs is 2. The van der Waals surface area contributed by atoms with Crippen molar-refractivity contribution in [2.45, 2.75) is 31.7 Å². The third-order valence-corrected chi connectivity index (χ3v) is 4.60. The van der Waals surface area contributed by atoms with Crippen molar-refractivity contribution in [3.05, 3.63) is 46.8 Å². The van der Waals surface area contributed by atoms with Crippen LogP contribution in [0.15, 0.2) is 18.3 Å². The molecule has 0 saturated heterocycles. The van der Waals surface area contributed by atoms with Gasteiger partial charge >= 0.3 is 6.03 Å². The van der Waals surface area contributed by atoms with Crippen molar-refractivity contribution < 1.29 is 13.6 Å². The molecule has 1 atom stereocenters. The minimum Gasteiger partial charge on any atom is -0.335 e. The van der Waals surface area contributed by atoms with Gasteiger partial charge in [0.25, 0.3) is 0 Å². The molecule has 2 aliphatic rings. The van der Waals surface area contributed by atoms with Crippen molar-refractivity contribution in [3.8, 4) is 0 Å². The lowest BCUT2D eigenvalue weighted by molar-refractivity contribution is 0.241. The predicted octanol–water partition coefficient (Wildman–Crippen LogP) is 2.32. The molecule has 1 aromatic heterocycles. The first kappa shape index (κ1) is 14.2. The summed E-state index contributed by atoms with van der Waals surface area (Å²) in [5.41, 5.74) is 2.97. The molecule has 0 fully saturated rings. The molecule has 120 valence electrons. The number of aromatic amines is 1. The molecule has 0 spiro atoms. The first-order chi connectivity index (χ1) is 11.1. The average molecular weight is 318 g/mol. The molecule has 2 aromatic rings. The van der Waals surface area contributed by atoms with E-state index in [-0.39, 0.29) is 12.1 Å². The van der Waals surface area contributed by atoms with E-state index in [2.05, 4.69) is 15.5 Å². The van der Waals surface area contributed by atoms with Crippen LogP contribution in [0.1, 0.15) is 23.2 Å². The zero-order valence-electron chi connectivity index (χ0n) is 12.4. The van der Waals surface area contributed by atoms with E-state index in [1.165, 1.54) is 11.0 Å². The van der Waals surface area contributed by atoms with Crippen LogP contribution in [0.25, 0.3) is 0 Å². The normalized spacial score (nSPS) is 19.4. The second kappa shape index (κ2) is 5.33. The van der Waals surface area contributed by atoms with Gasteiger partial charge in [-0.2, -0.15) is 5.10 Å². The van der Waals surface area contributed by atoms with Gasteiger partial charge in [-0.3, -0.25) is 10.00 Å². The van der Waals surface area contributed by atoms with Gasteiger partial charge in [-0.25, -0.2) is 13.6 Å². The molecule has 1 aliphatic heterocycles. The first-order valence-corrected chi connectivity index (χ1v) is 7.69. The van der Waals surface area contributed by atoms with Gasteiger partial charge < -0.3 is 5.32 Å². The van der Waals surface area contributed by atoms with Crippen LogP contribution in [-0.2, 0) is 19.3 Å². The number of aryl methyl sites for hydroxylation is 1. The highest BCUT2D eigenvalue weighted by Gasteiger charge is 2.30. The number of halogens is 2. The van der Waals surface area contributed by atoms with Crippen LogP contribution >= 0.6 is 0 Å². The Bertz CT molecular complexity index is 773. The number of urea groups is 1. The van der Waals surface area contributed by atoms with Crippen molar-refractivity contribution in [2.24, 2.45) is 0 Å². The topological polar surface area (TPSA) is 61.0 Å². The van der Waals surface area contributed by atoms with Crippen LogP contribution in [0.3, 0.4) is 0 Å². The number of hydrogen-bond donors (Lipinski definition) is 2. The van der Waals surface area contributed by atoms with E-state index in [1.54, 1.807) is 6.20 Å². The van der Waals surface area contributed by atoms with Gasteiger partial charge in [0, 0.05) is 29.9 Å². The van der Waals surface area contributed by atoms with Gasteiger partial charge in [0.1, 0.15) is 11.6 Å². The van der Waals surface area contributed by atoms with Gasteiger partial charge in [-0.1, -0.05) is 0 Å². The van der Waals surface area contributed by atoms with E-state index in [1.807, 2.05) is 0 Å². The van der Waals surface area contributed by atoms with Gasteiger partial charge in [-0.15, -0.1) is 0 Å². The maximum absolute atomic E-state index is 13.8. The number of anilines is 1. The second-order valence-electron chi connectivity index (χ2n) is 6.05. The lowest BCUT2D eigenvalue weighted by Gasteiger charge is -2.26. The second-order valence-corrected chi connectivity index (χ2v) is 6.05. The Morgan fingerprint density at radius 1 is 1.35 bits per heavy atom. The Morgan fingerprint density at radius 2 is 2.22 bits per heavy atom. The number of benzene rings is 1. The van der Waals surface area contributed by atoms with E-state index in [0.717, 1.165) is 36.6 Å². The fourth-order valence-electron chi connectivity index (χ4n) is 3.43. The Balaban J connectivity index is 1.50. The van der Waals surface area contributed by atoms with E-state index >= 15 is 0 Å². The van der Waals surface area contributed by atoms with Crippen molar-refractivity contribution in [1.29, 1.82) is 0 Å². The molecule has 23 heavy (non-hydrogen) atoms. The quantitative estimate of drug-likeness (QED) is 0.848. The van der Waals surface area contributed by atoms with E-state index in [0.29, 0.717) is 24.2 Å². The lowest BCUT2D eigenvalue weighted by Crippen LogP contribution is -2.46. The molecule has 1 unspecified atom stereocenters. The molecule has 1 aromatic carbocycles. The predicted molar refractivity (Wildman–Crippen MR) is 80.3 cm³/mol. The van der Waals surface area contributed by atoms with Crippen molar-refractivity contribution in [3.63, 3.8) is 0 Å². The number of H-pyrrole nitrogens is 1. The zero-order chi connectivity index (χ0) is 16.0. The number of hydrogen-bond acceptors (Lipinski definition) is 2. The molecule has 0 saturated carbocycles. The average Bonchev–Trinajstić information content (AvgIpc) is 3.12. The van der Waals surface area contributed by atoms with Crippen LogP contribution in [0.2, 0.25) is 0 Å². The Morgan fingerprint density at radius 3 is 3.09 bits per heavy atom. The summed E-state index contributed by atoms with van der Waals surface area (Å²) in [6.45, 7) is 0.366. The molecule has 0 radical (unpaired) electrons. The zero-order valence-corrected chi connectivity index (χ0v) is 12.4. The van der Waals surface area contributed by atoms with Crippen LogP contribution in [0.4, 0.5) is 19.3 Å². The molecule has 5 nitrogen and oxygen atoms in total. The van der Waals surface area contributed by atoms with Gasteiger partial charge in [0.2, 0.25) is 0 Å². The molecule has 2 amide bonds. The fraction of sp³-hybridized carbons (Fsp3) is 0.375. The summed E-state index contributed by atoms with van der Waals surface area (Å²) < 4.78 is 27.2. The Kier molecular flexibility index (Phi) is 3.28. The van der Waals surface area contributed by atoms with Crippen molar-refractivity contribution in [1.82, 2.24) is 15.5 Å². The summed E-state index contributed by atoms with van der Waals surface area (Å²) in [6.07, 6.45) is 4.56. The van der Waals surface area contributed by atoms with E-state index < -0.39 is 11.6 Å². The summed E-state index contributed by atoms with van der Waals surface area (Å²) in [7, 11) is 0. The number of nitrogens with zero attached hydrogens (tertiary/aromatic N) is 2. The van der Waals surface area contributed by atoms with Gasteiger partial charge in [0.15, 0.2) is 0 Å². The lowest BCUT2D eigenvalue weighted by atomic mass is 9.94. The molecular formula is C16H16F2N4O.